The van der Waals surface area contributed by atoms with E-state index in [0.29, 0.717) is 11.3 Å². The molecule has 0 aliphatic heterocycles. The van der Waals surface area contributed by atoms with Gasteiger partial charge in [-0.1, -0.05) is 6.07 Å². The lowest BCUT2D eigenvalue weighted by molar-refractivity contribution is -0.139. The summed E-state index contributed by atoms with van der Waals surface area (Å²) in [5.41, 5.74) is 5.41. The van der Waals surface area contributed by atoms with E-state index < -0.39 is 17.8 Å². The maximum absolute atomic E-state index is 12.9. The Morgan fingerprint density at radius 1 is 1.36 bits per heavy atom. The second-order valence-electron chi connectivity index (χ2n) is 4.72. The molecule has 3 aromatic rings. The number of primary amides is 1. The van der Waals surface area contributed by atoms with Gasteiger partial charge in [0.1, 0.15) is 5.69 Å². The van der Waals surface area contributed by atoms with Crippen molar-refractivity contribution in [2.24, 2.45) is 12.8 Å². The lowest BCUT2D eigenvalue weighted by atomic mass is 10.1. The molecule has 0 bridgehead atoms. The maximum Gasteiger partial charge on any atom is 0.433 e. The van der Waals surface area contributed by atoms with Crippen LogP contribution >= 0.6 is 0 Å². The number of nitrogens with one attached hydrogen (secondary N) is 1. The van der Waals surface area contributed by atoms with Gasteiger partial charge in [-0.25, -0.2) is 4.98 Å². The number of amides is 1. The number of fused-ring (bicyclic) bond motifs is 1. The first-order chi connectivity index (χ1) is 10.3. The smallest absolute Gasteiger partial charge is 0.363 e. The van der Waals surface area contributed by atoms with Gasteiger partial charge in [0.05, 0.1) is 17.4 Å². The molecule has 0 aliphatic rings. The molecule has 3 N–H and O–H groups in total. The van der Waals surface area contributed by atoms with Crippen LogP contribution < -0.4 is 5.73 Å². The van der Waals surface area contributed by atoms with Crippen LogP contribution in [0.15, 0.2) is 24.4 Å². The number of aromatic amines is 1. The van der Waals surface area contributed by atoms with Crippen LogP contribution in [0.4, 0.5) is 13.2 Å². The highest BCUT2D eigenvalue weighted by Gasteiger charge is 2.35. The van der Waals surface area contributed by atoms with Crippen molar-refractivity contribution in [2.75, 3.05) is 0 Å². The first-order valence-electron chi connectivity index (χ1n) is 6.16. The lowest BCUT2D eigenvalue weighted by Crippen LogP contribution is -2.16. The van der Waals surface area contributed by atoms with E-state index in [0.717, 1.165) is 0 Å². The number of benzene rings is 1. The number of nitrogens with two attached hydrogens (primary N) is 1. The number of H-pyrrole nitrogens is 1. The molecule has 0 fully saturated rings. The van der Waals surface area contributed by atoms with Gasteiger partial charge in [0.25, 0.3) is 5.91 Å². The molecule has 0 aliphatic carbocycles. The van der Waals surface area contributed by atoms with Gasteiger partial charge in [-0.3, -0.25) is 9.89 Å². The molecule has 0 unspecified atom stereocenters. The Balaban J connectivity index is 2.18. The Morgan fingerprint density at radius 3 is 2.68 bits per heavy atom. The van der Waals surface area contributed by atoms with Crippen LogP contribution in [-0.4, -0.2) is 25.7 Å². The summed E-state index contributed by atoms with van der Waals surface area (Å²) in [6, 6.07) is 4.42. The van der Waals surface area contributed by atoms with Crippen molar-refractivity contribution in [1.82, 2.24) is 19.7 Å². The Morgan fingerprint density at radius 2 is 2.09 bits per heavy atom. The summed E-state index contributed by atoms with van der Waals surface area (Å²) < 4.78 is 40.2. The normalized spacial score (nSPS) is 12.0. The minimum absolute atomic E-state index is 0.0262. The molecule has 114 valence electrons. The van der Waals surface area contributed by atoms with Crippen LogP contribution in [0.2, 0.25) is 0 Å². The number of rotatable bonds is 2. The third-order valence-electron chi connectivity index (χ3n) is 3.34. The number of hydrogen-bond donors (Lipinski definition) is 2. The van der Waals surface area contributed by atoms with Gasteiger partial charge in [-0.2, -0.15) is 18.3 Å². The number of carbonyl (C=O) groups excluding carboxylic acids is 1. The Kier molecular flexibility index (Phi) is 2.94. The average molecular weight is 309 g/mol. The predicted molar refractivity (Wildman–Crippen MR) is 71.8 cm³/mol. The molecule has 22 heavy (non-hydrogen) atoms. The van der Waals surface area contributed by atoms with E-state index in [9.17, 15) is 18.0 Å². The van der Waals surface area contributed by atoms with E-state index in [-0.39, 0.29) is 16.7 Å². The first-order valence-corrected chi connectivity index (χ1v) is 6.16. The highest BCUT2D eigenvalue weighted by Crippen LogP contribution is 2.34. The van der Waals surface area contributed by atoms with E-state index in [4.69, 9.17) is 5.73 Å². The van der Waals surface area contributed by atoms with Crippen molar-refractivity contribution in [3.8, 4) is 11.3 Å². The standard InChI is InChI=1S/C13H10F3N5O/c1-21-9(5-18-12(21)11(17)22)6-2-3-8-7(4-6)10(20-19-8)13(14,15)16/h2-5H,1H3,(H2,17,22)(H,19,20). The fourth-order valence-electron chi connectivity index (χ4n) is 2.29. The third kappa shape index (κ3) is 2.10. The SMILES string of the molecule is Cn1c(-c2ccc3n[nH]c(C(F)(F)F)c3c2)cnc1C(N)=O. The molecule has 1 aromatic carbocycles. The summed E-state index contributed by atoms with van der Waals surface area (Å²) in [7, 11) is 1.56. The largest absolute Gasteiger partial charge is 0.433 e. The van der Waals surface area contributed by atoms with Crippen molar-refractivity contribution in [3.05, 3.63) is 35.9 Å². The van der Waals surface area contributed by atoms with Gasteiger partial charge in [0.15, 0.2) is 5.82 Å². The van der Waals surface area contributed by atoms with Crippen LogP contribution in [0.5, 0.6) is 0 Å². The fraction of sp³-hybridized carbons (Fsp3) is 0.154. The minimum Gasteiger partial charge on any atom is -0.363 e. The van der Waals surface area contributed by atoms with Gasteiger partial charge >= 0.3 is 6.18 Å². The van der Waals surface area contributed by atoms with Crippen LogP contribution in [0.1, 0.15) is 16.3 Å². The Bertz CT molecular complexity index is 878. The number of halogens is 3. The molecule has 0 atom stereocenters. The molecule has 0 radical (unpaired) electrons. The van der Waals surface area contributed by atoms with Crippen molar-refractivity contribution >= 4 is 16.8 Å². The van der Waals surface area contributed by atoms with E-state index in [1.165, 1.54) is 22.9 Å². The number of nitrogens with zero attached hydrogens (tertiary/aromatic N) is 3. The summed E-state index contributed by atoms with van der Waals surface area (Å²) in [5, 5.41) is 5.58. The summed E-state index contributed by atoms with van der Waals surface area (Å²) in [4.78, 5) is 15.1. The Hall–Kier alpha value is -2.84. The third-order valence-corrected chi connectivity index (χ3v) is 3.34. The number of hydrogen-bond acceptors (Lipinski definition) is 3. The van der Waals surface area contributed by atoms with Gasteiger partial charge in [0, 0.05) is 18.0 Å². The second-order valence-corrected chi connectivity index (χ2v) is 4.72. The van der Waals surface area contributed by atoms with Crippen molar-refractivity contribution < 1.29 is 18.0 Å². The summed E-state index contributed by atoms with van der Waals surface area (Å²) >= 11 is 0. The van der Waals surface area contributed by atoms with Crippen molar-refractivity contribution in [1.29, 1.82) is 0 Å². The Labute approximate surface area is 121 Å². The number of alkyl halides is 3. The highest BCUT2D eigenvalue weighted by atomic mass is 19.4. The summed E-state index contributed by atoms with van der Waals surface area (Å²) in [6.07, 6.45) is -3.15. The van der Waals surface area contributed by atoms with Crippen molar-refractivity contribution in [2.45, 2.75) is 6.18 Å². The summed E-state index contributed by atoms with van der Waals surface area (Å²) in [6.45, 7) is 0. The molecule has 0 spiro atoms. The van der Waals surface area contributed by atoms with Crippen LogP contribution in [0.3, 0.4) is 0 Å². The van der Waals surface area contributed by atoms with Gasteiger partial charge < -0.3 is 10.3 Å². The van der Waals surface area contributed by atoms with Gasteiger partial charge in [-0.05, 0) is 12.1 Å². The maximum atomic E-state index is 12.9. The van der Waals surface area contributed by atoms with Crippen LogP contribution in [0.25, 0.3) is 22.2 Å². The zero-order chi connectivity index (χ0) is 16.1. The number of aromatic nitrogens is 4. The summed E-state index contributed by atoms with van der Waals surface area (Å²) in [5.74, 6) is -0.688. The fourth-order valence-corrected chi connectivity index (χ4v) is 2.29. The van der Waals surface area contributed by atoms with Gasteiger partial charge in [-0.15, -0.1) is 0 Å². The number of imidazole rings is 1. The molecule has 9 heteroatoms. The zero-order valence-electron chi connectivity index (χ0n) is 11.3. The molecule has 0 saturated carbocycles. The lowest BCUT2D eigenvalue weighted by Gasteiger charge is -2.06. The minimum atomic E-state index is -4.53. The topological polar surface area (TPSA) is 89.6 Å². The zero-order valence-corrected chi connectivity index (χ0v) is 11.3. The van der Waals surface area contributed by atoms with E-state index >= 15 is 0 Å². The number of carbonyl (C=O) groups is 1. The molecule has 3 rings (SSSR count). The first kappa shape index (κ1) is 14.1. The molecule has 1 amide bonds. The molecule has 2 aromatic heterocycles. The van der Waals surface area contributed by atoms with Gasteiger partial charge in [0.2, 0.25) is 0 Å². The van der Waals surface area contributed by atoms with E-state index in [1.54, 1.807) is 13.1 Å². The molecule has 6 nitrogen and oxygen atoms in total. The molecule has 0 saturated heterocycles. The quantitative estimate of drug-likeness (QED) is 0.759. The van der Waals surface area contributed by atoms with E-state index in [2.05, 4.69) is 10.1 Å². The average Bonchev–Trinajstić information content (AvgIpc) is 3.00. The van der Waals surface area contributed by atoms with Crippen LogP contribution in [-0.2, 0) is 13.2 Å². The highest BCUT2D eigenvalue weighted by molar-refractivity contribution is 5.91. The molecular formula is C13H10F3N5O. The van der Waals surface area contributed by atoms with Crippen molar-refractivity contribution in [3.63, 3.8) is 0 Å². The molecular weight excluding hydrogens is 299 g/mol. The van der Waals surface area contributed by atoms with Crippen LogP contribution in [0, 0.1) is 0 Å². The predicted octanol–water partition coefficient (Wildman–Crippen LogP) is 2.08. The van der Waals surface area contributed by atoms with E-state index in [1.807, 2.05) is 5.10 Å². The monoisotopic (exact) mass is 309 g/mol. The second kappa shape index (κ2) is 4.58. The molecule has 2 heterocycles.